The standard InChI is InChI=1S/C15H22F2N2O2/c1-2-21-13-5-3-12(4-6-13)14(15(16,17)11-20)19-9-7-18-8-10-19/h3-6,14,18,20H,2,7-11H2,1H3/t14-/m1/s1. The zero-order chi connectivity index (χ0) is 15.3. The van der Waals surface area contributed by atoms with Crippen molar-refractivity contribution in [2.75, 3.05) is 39.4 Å². The molecule has 0 aliphatic carbocycles. The van der Waals surface area contributed by atoms with Crippen LogP contribution in [-0.2, 0) is 0 Å². The Bertz CT molecular complexity index is 434. The maximum atomic E-state index is 14.2. The average molecular weight is 300 g/mol. The van der Waals surface area contributed by atoms with E-state index in [9.17, 15) is 8.78 Å². The van der Waals surface area contributed by atoms with Crippen molar-refractivity contribution in [3.8, 4) is 5.75 Å². The third-order valence-electron chi connectivity index (χ3n) is 3.63. The molecule has 1 fully saturated rings. The molecule has 0 amide bonds. The predicted molar refractivity (Wildman–Crippen MR) is 76.8 cm³/mol. The smallest absolute Gasteiger partial charge is 0.289 e. The lowest BCUT2D eigenvalue weighted by Crippen LogP contribution is -2.51. The molecule has 21 heavy (non-hydrogen) atoms. The molecule has 0 bridgehead atoms. The van der Waals surface area contributed by atoms with Crippen LogP contribution in [0, 0.1) is 0 Å². The van der Waals surface area contributed by atoms with E-state index < -0.39 is 18.6 Å². The van der Waals surface area contributed by atoms with Crippen molar-refractivity contribution in [3.63, 3.8) is 0 Å². The Hall–Kier alpha value is -1.24. The number of alkyl halides is 2. The van der Waals surface area contributed by atoms with Crippen LogP contribution in [0.4, 0.5) is 8.78 Å². The molecule has 1 aromatic carbocycles. The summed E-state index contributed by atoms with van der Waals surface area (Å²) in [5, 5.41) is 12.2. The molecular formula is C15H22F2N2O2. The van der Waals surface area contributed by atoms with Crippen molar-refractivity contribution in [3.05, 3.63) is 29.8 Å². The Morgan fingerprint density at radius 2 is 1.90 bits per heavy atom. The summed E-state index contributed by atoms with van der Waals surface area (Å²) in [5.41, 5.74) is 0.499. The highest BCUT2D eigenvalue weighted by atomic mass is 19.3. The Balaban J connectivity index is 2.25. The van der Waals surface area contributed by atoms with E-state index in [2.05, 4.69) is 5.32 Å². The third kappa shape index (κ3) is 3.90. The van der Waals surface area contributed by atoms with Crippen LogP contribution in [0.5, 0.6) is 5.75 Å². The van der Waals surface area contributed by atoms with Crippen molar-refractivity contribution < 1.29 is 18.6 Å². The molecular weight excluding hydrogens is 278 g/mol. The van der Waals surface area contributed by atoms with Gasteiger partial charge in [0, 0.05) is 26.2 Å². The lowest BCUT2D eigenvalue weighted by molar-refractivity contribution is -0.118. The van der Waals surface area contributed by atoms with Gasteiger partial charge in [-0.1, -0.05) is 12.1 Å². The highest BCUT2D eigenvalue weighted by Gasteiger charge is 2.43. The molecule has 1 aromatic rings. The SMILES string of the molecule is CCOc1ccc([C@@H](N2CCNCC2)C(F)(F)CO)cc1. The quantitative estimate of drug-likeness (QED) is 0.839. The minimum Gasteiger partial charge on any atom is -0.494 e. The fourth-order valence-corrected chi connectivity index (χ4v) is 2.66. The highest BCUT2D eigenvalue weighted by Crippen LogP contribution is 2.37. The van der Waals surface area contributed by atoms with E-state index >= 15 is 0 Å². The monoisotopic (exact) mass is 300 g/mol. The van der Waals surface area contributed by atoms with Gasteiger partial charge in [0.15, 0.2) is 0 Å². The van der Waals surface area contributed by atoms with Crippen LogP contribution in [0.15, 0.2) is 24.3 Å². The van der Waals surface area contributed by atoms with E-state index in [1.165, 1.54) is 0 Å². The summed E-state index contributed by atoms with van der Waals surface area (Å²) in [4.78, 5) is 1.72. The fourth-order valence-electron chi connectivity index (χ4n) is 2.66. The summed E-state index contributed by atoms with van der Waals surface area (Å²) in [6.07, 6.45) is 0. The summed E-state index contributed by atoms with van der Waals surface area (Å²) >= 11 is 0. The topological polar surface area (TPSA) is 44.7 Å². The zero-order valence-corrected chi connectivity index (χ0v) is 12.2. The summed E-state index contributed by atoms with van der Waals surface area (Å²) in [7, 11) is 0. The molecule has 0 saturated carbocycles. The van der Waals surface area contributed by atoms with Crippen LogP contribution in [0.2, 0.25) is 0 Å². The number of nitrogens with one attached hydrogen (secondary N) is 1. The second-order valence-corrected chi connectivity index (χ2v) is 5.11. The van der Waals surface area contributed by atoms with Crippen molar-refractivity contribution in [1.82, 2.24) is 10.2 Å². The van der Waals surface area contributed by atoms with Gasteiger partial charge in [-0.2, -0.15) is 0 Å². The number of nitrogens with zero attached hydrogens (tertiary/aromatic N) is 1. The molecule has 0 radical (unpaired) electrons. The number of hydrogen-bond donors (Lipinski definition) is 2. The number of ether oxygens (including phenoxy) is 1. The molecule has 2 N–H and O–H groups in total. The van der Waals surface area contributed by atoms with Gasteiger partial charge in [0.25, 0.3) is 5.92 Å². The van der Waals surface area contributed by atoms with Crippen LogP contribution >= 0.6 is 0 Å². The van der Waals surface area contributed by atoms with Gasteiger partial charge in [0.2, 0.25) is 0 Å². The van der Waals surface area contributed by atoms with E-state index in [1.807, 2.05) is 6.92 Å². The summed E-state index contributed by atoms with van der Waals surface area (Å²) < 4.78 is 33.7. The Labute approximate surface area is 123 Å². The normalized spacial score (nSPS) is 18.5. The van der Waals surface area contributed by atoms with Gasteiger partial charge in [-0.3, -0.25) is 4.90 Å². The second kappa shape index (κ2) is 7.15. The van der Waals surface area contributed by atoms with Gasteiger partial charge in [-0.05, 0) is 24.6 Å². The summed E-state index contributed by atoms with van der Waals surface area (Å²) in [5.74, 6) is -2.52. The van der Waals surface area contributed by atoms with E-state index in [0.29, 0.717) is 44.1 Å². The van der Waals surface area contributed by atoms with E-state index in [4.69, 9.17) is 9.84 Å². The molecule has 4 nitrogen and oxygen atoms in total. The Morgan fingerprint density at radius 1 is 1.29 bits per heavy atom. The number of benzene rings is 1. The lowest BCUT2D eigenvalue weighted by atomic mass is 9.98. The minimum atomic E-state index is -3.18. The van der Waals surface area contributed by atoms with Gasteiger partial charge in [-0.15, -0.1) is 0 Å². The molecule has 1 heterocycles. The number of halogens is 2. The summed E-state index contributed by atoms with van der Waals surface area (Å²) in [6.45, 7) is 3.67. The number of hydrogen-bond acceptors (Lipinski definition) is 4. The van der Waals surface area contributed by atoms with Crippen LogP contribution < -0.4 is 10.1 Å². The van der Waals surface area contributed by atoms with Gasteiger partial charge in [0.1, 0.15) is 18.4 Å². The van der Waals surface area contributed by atoms with Crippen molar-refractivity contribution in [2.24, 2.45) is 0 Å². The van der Waals surface area contributed by atoms with Crippen LogP contribution in [0.1, 0.15) is 18.5 Å². The molecule has 1 saturated heterocycles. The maximum absolute atomic E-state index is 14.2. The average Bonchev–Trinajstić information content (AvgIpc) is 2.50. The van der Waals surface area contributed by atoms with Crippen molar-refractivity contribution >= 4 is 0 Å². The molecule has 0 aromatic heterocycles. The van der Waals surface area contributed by atoms with Gasteiger partial charge < -0.3 is 15.2 Å². The van der Waals surface area contributed by atoms with Crippen molar-refractivity contribution in [2.45, 2.75) is 18.9 Å². The number of piperazine rings is 1. The second-order valence-electron chi connectivity index (χ2n) is 5.11. The van der Waals surface area contributed by atoms with Gasteiger partial charge in [0.05, 0.1) is 6.61 Å². The molecule has 0 spiro atoms. The van der Waals surface area contributed by atoms with E-state index in [-0.39, 0.29) is 0 Å². The molecule has 2 rings (SSSR count). The lowest BCUT2D eigenvalue weighted by Gasteiger charge is -2.38. The van der Waals surface area contributed by atoms with Gasteiger partial charge >= 0.3 is 0 Å². The Kier molecular flexibility index (Phi) is 5.50. The van der Waals surface area contributed by atoms with E-state index in [0.717, 1.165) is 0 Å². The first kappa shape index (κ1) is 16.1. The number of aliphatic hydroxyl groups excluding tert-OH is 1. The van der Waals surface area contributed by atoms with Gasteiger partial charge in [-0.25, -0.2) is 8.78 Å². The first-order valence-electron chi connectivity index (χ1n) is 7.24. The zero-order valence-electron chi connectivity index (χ0n) is 12.2. The number of aliphatic hydroxyl groups is 1. The van der Waals surface area contributed by atoms with Crippen LogP contribution in [0.3, 0.4) is 0 Å². The highest BCUT2D eigenvalue weighted by molar-refractivity contribution is 5.30. The summed E-state index contributed by atoms with van der Waals surface area (Å²) in [6, 6.07) is 5.59. The maximum Gasteiger partial charge on any atom is 0.289 e. The first-order chi connectivity index (χ1) is 10.1. The van der Waals surface area contributed by atoms with E-state index in [1.54, 1.807) is 29.2 Å². The largest absolute Gasteiger partial charge is 0.494 e. The molecule has 118 valence electrons. The molecule has 1 aliphatic rings. The predicted octanol–water partition coefficient (Wildman–Crippen LogP) is 1.66. The minimum absolute atomic E-state index is 0.499. The molecule has 0 unspecified atom stereocenters. The third-order valence-corrected chi connectivity index (χ3v) is 3.63. The van der Waals surface area contributed by atoms with Crippen molar-refractivity contribution in [1.29, 1.82) is 0 Å². The fraction of sp³-hybridized carbons (Fsp3) is 0.600. The number of rotatable bonds is 6. The molecule has 6 heteroatoms. The molecule has 1 aliphatic heterocycles. The van der Waals surface area contributed by atoms with Crippen LogP contribution in [-0.4, -0.2) is 55.3 Å². The van der Waals surface area contributed by atoms with Crippen LogP contribution in [0.25, 0.3) is 0 Å². The first-order valence-corrected chi connectivity index (χ1v) is 7.24. The Morgan fingerprint density at radius 3 is 2.43 bits per heavy atom. The molecule has 1 atom stereocenters.